The molecule has 2 aliphatic rings. The Hall–Kier alpha value is -1.42. The Balaban J connectivity index is 1.64. The minimum Gasteiger partial charge on any atom is -0.454 e. The monoisotopic (exact) mass is 263 g/mol. The second-order valence-corrected chi connectivity index (χ2v) is 5.59. The molecule has 2 unspecified atom stereocenters. The van der Waals surface area contributed by atoms with Crippen molar-refractivity contribution in [3.63, 3.8) is 0 Å². The molecule has 0 bridgehead atoms. The SMILES string of the molecule is CC(C)C1CC(Nc2ccc3c(c2)OCO3)CCO1. The predicted octanol–water partition coefficient (Wildman–Crippen LogP) is 3.03. The first kappa shape index (κ1) is 12.6. The molecule has 0 saturated carbocycles. The topological polar surface area (TPSA) is 39.7 Å². The van der Waals surface area contributed by atoms with Gasteiger partial charge >= 0.3 is 0 Å². The lowest BCUT2D eigenvalue weighted by atomic mass is 9.95. The minimum absolute atomic E-state index is 0.325. The van der Waals surface area contributed by atoms with Gasteiger partial charge in [0.1, 0.15) is 0 Å². The standard InChI is InChI=1S/C15H21NO3/c1-10(2)14-7-12(5-6-17-14)16-11-3-4-13-15(8-11)19-9-18-13/h3-4,8,10,12,14,16H,5-7,9H2,1-2H3. The number of anilines is 1. The second-order valence-electron chi connectivity index (χ2n) is 5.59. The summed E-state index contributed by atoms with van der Waals surface area (Å²) in [6, 6.07) is 6.50. The third kappa shape index (κ3) is 2.78. The van der Waals surface area contributed by atoms with Gasteiger partial charge in [-0.15, -0.1) is 0 Å². The summed E-state index contributed by atoms with van der Waals surface area (Å²) >= 11 is 0. The fourth-order valence-electron chi connectivity index (χ4n) is 2.65. The molecule has 2 aliphatic heterocycles. The van der Waals surface area contributed by atoms with Gasteiger partial charge in [-0.05, 0) is 30.9 Å². The molecule has 3 rings (SSSR count). The van der Waals surface area contributed by atoms with Crippen molar-refractivity contribution in [1.82, 2.24) is 0 Å². The molecule has 1 saturated heterocycles. The molecule has 19 heavy (non-hydrogen) atoms. The number of benzene rings is 1. The van der Waals surface area contributed by atoms with Gasteiger partial charge in [0.2, 0.25) is 6.79 Å². The van der Waals surface area contributed by atoms with E-state index in [2.05, 4.69) is 19.2 Å². The van der Waals surface area contributed by atoms with Crippen LogP contribution < -0.4 is 14.8 Å². The van der Waals surface area contributed by atoms with Crippen LogP contribution in [0.3, 0.4) is 0 Å². The zero-order chi connectivity index (χ0) is 13.2. The Morgan fingerprint density at radius 3 is 2.89 bits per heavy atom. The van der Waals surface area contributed by atoms with E-state index in [1.165, 1.54) is 0 Å². The molecule has 4 nitrogen and oxygen atoms in total. The van der Waals surface area contributed by atoms with Gasteiger partial charge in [-0.1, -0.05) is 13.8 Å². The van der Waals surface area contributed by atoms with Gasteiger partial charge in [0, 0.05) is 24.4 Å². The van der Waals surface area contributed by atoms with E-state index < -0.39 is 0 Å². The molecule has 0 amide bonds. The zero-order valence-corrected chi connectivity index (χ0v) is 11.5. The van der Waals surface area contributed by atoms with Crippen LogP contribution in [0.25, 0.3) is 0 Å². The number of hydrogen-bond acceptors (Lipinski definition) is 4. The molecular weight excluding hydrogens is 242 g/mol. The van der Waals surface area contributed by atoms with Gasteiger partial charge in [-0.25, -0.2) is 0 Å². The number of ether oxygens (including phenoxy) is 3. The maximum atomic E-state index is 5.80. The van der Waals surface area contributed by atoms with E-state index in [-0.39, 0.29) is 0 Å². The highest BCUT2D eigenvalue weighted by Crippen LogP contribution is 2.35. The van der Waals surface area contributed by atoms with E-state index in [1.807, 2.05) is 18.2 Å². The molecule has 1 fully saturated rings. The smallest absolute Gasteiger partial charge is 0.231 e. The van der Waals surface area contributed by atoms with Crippen LogP contribution in [0.4, 0.5) is 5.69 Å². The highest BCUT2D eigenvalue weighted by Gasteiger charge is 2.25. The summed E-state index contributed by atoms with van der Waals surface area (Å²) in [5.41, 5.74) is 1.10. The number of nitrogens with one attached hydrogen (secondary N) is 1. The lowest BCUT2D eigenvalue weighted by Crippen LogP contribution is -2.36. The van der Waals surface area contributed by atoms with Crippen molar-refractivity contribution in [1.29, 1.82) is 0 Å². The normalized spacial score (nSPS) is 25.6. The molecule has 104 valence electrons. The van der Waals surface area contributed by atoms with E-state index in [0.29, 0.717) is 24.9 Å². The maximum absolute atomic E-state index is 5.80. The van der Waals surface area contributed by atoms with E-state index >= 15 is 0 Å². The molecule has 0 spiro atoms. The number of hydrogen-bond donors (Lipinski definition) is 1. The molecule has 1 N–H and O–H groups in total. The molecule has 0 aromatic heterocycles. The number of rotatable bonds is 3. The van der Waals surface area contributed by atoms with Crippen LogP contribution >= 0.6 is 0 Å². The summed E-state index contributed by atoms with van der Waals surface area (Å²) in [6.07, 6.45) is 2.48. The Labute approximate surface area is 114 Å². The van der Waals surface area contributed by atoms with Crippen LogP contribution in [-0.4, -0.2) is 25.5 Å². The third-order valence-electron chi connectivity index (χ3n) is 3.80. The van der Waals surface area contributed by atoms with Crippen molar-refractivity contribution >= 4 is 5.69 Å². The van der Waals surface area contributed by atoms with Gasteiger partial charge in [0.05, 0.1) is 6.10 Å². The first-order chi connectivity index (χ1) is 9.22. The van der Waals surface area contributed by atoms with Crippen molar-refractivity contribution < 1.29 is 14.2 Å². The first-order valence-electron chi connectivity index (χ1n) is 7.00. The first-order valence-corrected chi connectivity index (χ1v) is 7.00. The van der Waals surface area contributed by atoms with E-state index in [9.17, 15) is 0 Å². The summed E-state index contributed by atoms with van der Waals surface area (Å²) in [5.74, 6) is 2.23. The Morgan fingerprint density at radius 2 is 2.05 bits per heavy atom. The summed E-state index contributed by atoms with van der Waals surface area (Å²) in [6.45, 7) is 5.60. The zero-order valence-electron chi connectivity index (χ0n) is 11.5. The quantitative estimate of drug-likeness (QED) is 0.910. The van der Waals surface area contributed by atoms with Crippen LogP contribution in [0.15, 0.2) is 18.2 Å². The second kappa shape index (κ2) is 5.29. The maximum Gasteiger partial charge on any atom is 0.231 e. The summed E-state index contributed by atoms with van der Waals surface area (Å²) in [5, 5.41) is 3.58. The molecule has 2 atom stereocenters. The average molecular weight is 263 g/mol. The molecule has 1 aromatic rings. The summed E-state index contributed by atoms with van der Waals surface area (Å²) in [7, 11) is 0. The molecule has 0 radical (unpaired) electrons. The summed E-state index contributed by atoms with van der Waals surface area (Å²) in [4.78, 5) is 0. The van der Waals surface area contributed by atoms with Crippen LogP contribution in [-0.2, 0) is 4.74 Å². The molecule has 0 aliphatic carbocycles. The average Bonchev–Trinajstić information content (AvgIpc) is 2.86. The van der Waals surface area contributed by atoms with Crippen LogP contribution in [0, 0.1) is 5.92 Å². The Morgan fingerprint density at radius 1 is 1.21 bits per heavy atom. The largest absolute Gasteiger partial charge is 0.454 e. The van der Waals surface area contributed by atoms with E-state index in [0.717, 1.165) is 36.6 Å². The van der Waals surface area contributed by atoms with Gasteiger partial charge in [-0.2, -0.15) is 0 Å². The fourth-order valence-corrected chi connectivity index (χ4v) is 2.65. The lowest BCUT2D eigenvalue weighted by molar-refractivity contribution is -0.0160. The highest BCUT2D eigenvalue weighted by atomic mass is 16.7. The van der Waals surface area contributed by atoms with Crippen molar-refractivity contribution in [2.24, 2.45) is 5.92 Å². The Kier molecular flexibility index (Phi) is 3.51. The van der Waals surface area contributed by atoms with Gasteiger partial charge in [-0.3, -0.25) is 0 Å². The van der Waals surface area contributed by atoms with Gasteiger partial charge in [0.25, 0.3) is 0 Å². The van der Waals surface area contributed by atoms with E-state index in [4.69, 9.17) is 14.2 Å². The van der Waals surface area contributed by atoms with Gasteiger partial charge < -0.3 is 19.5 Å². The lowest BCUT2D eigenvalue weighted by Gasteiger charge is -2.33. The van der Waals surface area contributed by atoms with Gasteiger partial charge in [0.15, 0.2) is 11.5 Å². The molecule has 4 heteroatoms. The fraction of sp³-hybridized carbons (Fsp3) is 0.600. The minimum atomic E-state index is 0.325. The van der Waals surface area contributed by atoms with Crippen molar-refractivity contribution in [3.05, 3.63) is 18.2 Å². The molecular formula is C15H21NO3. The summed E-state index contributed by atoms with van der Waals surface area (Å²) < 4.78 is 16.5. The predicted molar refractivity (Wildman–Crippen MR) is 73.8 cm³/mol. The number of fused-ring (bicyclic) bond motifs is 1. The van der Waals surface area contributed by atoms with Crippen LogP contribution in [0.5, 0.6) is 11.5 Å². The van der Waals surface area contributed by atoms with Crippen molar-refractivity contribution in [2.75, 3.05) is 18.7 Å². The van der Waals surface area contributed by atoms with Crippen molar-refractivity contribution in [2.45, 2.75) is 38.8 Å². The molecule has 2 heterocycles. The van der Waals surface area contributed by atoms with Crippen LogP contribution in [0.2, 0.25) is 0 Å². The highest BCUT2D eigenvalue weighted by molar-refractivity contribution is 5.56. The molecule has 1 aromatic carbocycles. The third-order valence-corrected chi connectivity index (χ3v) is 3.80. The van der Waals surface area contributed by atoms with Crippen LogP contribution in [0.1, 0.15) is 26.7 Å². The van der Waals surface area contributed by atoms with Crippen molar-refractivity contribution in [3.8, 4) is 11.5 Å². The van der Waals surface area contributed by atoms with E-state index in [1.54, 1.807) is 0 Å². The Bertz CT molecular complexity index is 447.